The topological polar surface area (TPSA) is 75.6 Å². The maximum Gasteiger partial charge on any atom is 0.230 e. The molecule has 1 aliphatic carbocycles. The van der Waals surface area contributed by atoms with E-state index in [1.54, 1.807) is 25.0 Å². The number of aliphatic hydroxyl groups excluding tert-OH is 1. The number of rotatable bonds is 4. The quantitative estimate of drug-likeness (QED) is 0.768. The van der Waals surface area contributed by atoms with Crippen molar-refractivity contribution in [3.05, 3.63) is 35.4 Å². The fourth-order valence-corrected chi connectivity index (χ4v) is 3.17. The van der Waals surface area contributed by atoms with Gasteiger partial charge in [0.15, 0.2) is 0 Å². The van der Waals surface area contributed by atoms with Crippen LogP contribution in [-0.2, 0) is 20.7 Å². The highest BCUT2D eigenvalue weighted by atomic mass is 16.5. The molecule has 5 unspecified atom stereocenters. The molecule has 5 atom stereocenters. The Kier molecular flexibility index (Phi) is 10.4. The molecule has 2 N–H and O–H groups in total. The van der Waals surface area contributed by atoms with Crippen molar-refractivity contribution in [1.82, 2.24) is 5.32 Å². The Labute approximate surface area is 169 Å². The molecule has 28 heavy (non-hydrogen) atoms. The van der Waals surface area contributed by atoms with Crippen molar-refractivity contribution in [2.45, 2.75) is 66.4 Å². The van der Waals surface area contributed by atoms with E-state index in [-0.39, 0.29) is 30.3 Å². The minimum atomic E-state index is -0.146. The second-order valence-electron chi connectivity index (χ2n) is 7.91. The first-order chi connectivity index (χ1) is 13.2. The number of carbonyl (C=O) groups is 2. The van der Waals surface area contributed by atoms with Crippen molar-refractivity contribution in [1.29, 1.82) is 0 Å². The Morgan fingerprint density at radius 1 is 1.07 bits per heavy atom. The number of fused-ring (bicyclic) bond motifs is 1. The van der Waals surface area contributed by atoms with Gasteiger partial charge in [-0.25, -0.2) is 0 Å². The summed E-state index contributed by atoms with van der Waals surface area (Å²) >= 11 is 0. The predicted octanol–water partition coefficient (Wildman–Crippen LogP) is 3.69. The van der Waals surface area contributed by atoms with E-state index < -0.39 is 0 Å². The molecular weight excluding hydrogens is 354 g/mol. The van der Waals surface area contributed by atoms with Crippen LogP contribution in [0.4, 0.5) is 0 Å². The summed E-state index contributed by atoms with van der Waals surface area (Å²) in [5.41, 5.74) is 3.13. The first kappa shape index (κ1) is 24.3. The normalized spacial score (nSPS) is 26.4. The zero-order valence-electron chi connectivity index (χ0n) is 18.2. The second kappa shape index (κ2) is 12.0. The van der Waals surface area contributed by atoms with Gasteiger partial charge in [0.25, 0.3) is 0 Å². The van der Waals surface area contributed by atoms with Gasteiger partial charge < -0.3 is 9.84 Å². The Balaban J connectivity index is 0.000000214. The van der Waals surface area contributed by atoms with Crippen LogP contribution in [0.3, 0.4) is 0 Å². The zero-order valence-corrected chi connectivity index (χ0v) is 18.2. The van der Waals surface area contributed by atoms with Crippen LogP contribution >= 0.6 is 0 Å². The van der Waals surface area contributed by atoms with E-state index >= 15 is 0 Å². The number of hydrogen-bond acceptors (Lipinski definition) is 4. The Bertz CT molecular complexity index is 613. The van der Waals surface area contributed by atoms with Gasteiger partial charge in [0.1, 0.15) is 0 Å². The standard InChI is InChI=1S/C11H14.C6H9NO2.C6H14O2/c1-8-7-10-5-3-4-6-11(10)9(8)2;1-3-4(2)6(9)7-5(3)8;1-3-6(2)8-5-4-7/h3-6,8-9H,7H2,1-2H3;3-4H,1-2H3,(H,7,8,9);6-7H,3-5H2,1-2H3. The number of hydrogen-bond donors (Lipinski definition) is 2. The van der Waals surface area contributed by atoms with Gasteiger partial charge in [-0.2, -0.15) is 0 Å². The third-order valence-electron chi connectivity index (χ3n) is 5.83. The highest BCUT2D eigenvalue weighted by molar-refractivity contribution is 6.04. The minimum absolute atomic E-state index is 0.129. The second-order valence-corrected chi connectivity index (χ2v) is 7.91. The summed E-state index contributed by atoms with van der Waals surface area (Å²) in [6, 6.07) is 8.82. The first-order valence-corrected chi connectivity index (χ1v) is 10.4. The largest absolute Gasteiger partial charge is 0.394 e. The van der Waals surface area contributed by atoms with Crippen LogP contribution in [0.1, 0.15) is 65.0 Å². The van der Waals surface area contributed by atoms with Gasteiger partial charge in [0.05, 0.1) is 19.3 Å². The maximum atomic E-state index is 10.7. The molecule has 0 aromatic heterocycles. The lowest BCUT2D eigenvalue weighted by molar-refractivity contribution is -0.126. The van der Waals surface area contributed by atoms with E-state index in [4.69, 9.17) is 9.84 Å². The SMILES string of the molecule is CC1C(=O)NC(=O)C1C.CC1Cc2ccccc2C1C.CCC(C)OCCO. The third-order valence-corrected chi connectivity index (χ3v) is 5.83. The summed E-state index contributed by atoms with van der Waals surface area (Å²) in [6.45, 7) is 12.8. The number of ether oxygens (including phenoxy) is 1. The lowest BCUT2D eigenvalue weighted by Crippen LogP contribution is -2.21. The van der Waals surface area contributed by atoms with E-state index in [1.807, 2.05) is 6.92 Å². The van der Waals surface area contributed by atoms with Crippen LogP contribution in [0.2, 0.25) is 0 Å². The van der Waals surface area contributed by atoms with Crippen molar-refractivity contribution >= 4 is 11.8 Å². The van der Waals surface area contributed by atoms with Crippen LogP contribution < -0.4 is 5.32 Å². The van der Waals surface area contributed by atoms with Crippen LogP contribution in [-0.4, -0.2) is 36.2 Å². The molecule has 1 aromatic carbocycles. The first-order valence-electron chi connectivity index (χ1n) is 10.4. The van der Waals surface area contributed by atoms with Crippen LogP contribution in [0, 0.1) is 17.8 Å². The van der Waals surface area contributed by atoms with Gasteiger partial charge in [-0.3, -0.25) is 14.9 Å². The molecule has 1 saturated heterocycles. The van der Waals surface area contributed by atoms with Crippen molar-refractivity contribution < 1.29 is 19.4 Å². The van der Waals surface area contributed by atoms with Crippen molar-refractivity contribution in [2.24, 2.45) is 17.8 Å². The maximum absolute atomic E-state index is 10.7. The van der Waals surface area contributed by atoms with Crippen molar-refractivity contribution in [2.75, 3.05) is 13.2 Å². The fraction of sp³-hybridized carbons (Fsp3) is 0.652. The van der Waals surface area contributed by atoms with Crippen LogP contribution in [0.25, 0.3) is 0 Å². The smallest absolute Gasteiger partial charge is 0.230 e. The molecule has 0 saturated carbocycles. The summed E-state index contributed by atoms with van der Waals surface area (Å²) in [4.78, 5) is 21.3. The summed E-state index contributed by atoms with van der Waals surface area (Å²) in [5, 5.41) is 10.5. The molecule has 1 aliphatic heterocycles. The summed E-state index contributed by atoms with van der Waals surface area (Å²) in [6.07, 6.45) is 2.58. The lowest BCUT2D eigenvalue weighted by atomic mass is 9.97. The summed E-state index contributed by atoms with van der Waals surface area (Å²) < 4.78 is 5.09. The summed E-state index contributed by atoms with van der Waals surface area (Å²) in [7, 11) is 0. The van der Waals surface area contributed by atoms with E-state index in [0.29, 0.717) is 12.7 Å². The molecule has 0 radical (unpaired) electrons. The van der Waals surface area contributed by atoms with Crippen molar-refractivity contribution in [3.8, 4) is 0 Å². The van der Waals surface area contributed by atoms with E-state index in [1.165, 1.54) is 6.42 Å². The molecule has 0 bridgehead atoms. The Morgan fingerprint density at radius 3 is 2.07 bits per heavy atom. The van der Waals surface area contributed by atoms with Crippen molar-refractivity contribution in [3.63, 3.8) is 0 Å². The molecule has 5 nitrogen and oxygen atoms in total. The molecule has 1 aromatic rings. The van der Waals surface area contributed by atoms with Gasteiger partial charge in [-0.15, -0.1) is 0 Å². The number of nitrogens with one attached hydrogen (secondary N) is 1. The van der Waals surface area contributed by atoms with Crippen LogP contribution in [0.15, 0.2) is 24.3 Å². The minimum Gasteiger partial charge on any atom is -0.394 e. The Morgan fingerprint density at radius 2 is 1.64 bits per heavy atom. The number of aliphatic hydroxyl groups is 1. The zero-order chi connectivity index (χ0) is 21.3. The third kappa shape index (κ3) is 7.02. The van der Waals surface area contributed by atoms with Gasteiger partial charge in [-0.05, 0) is 42.7 Å². The van der Waals surface area contributed by atoms with Crippen LogP contribution in [0.5, 0.6) is 0 Å². The lowest BCUT2D eigenvalue weighted by Gasteiger charge is -2.08. The number of benzene rings is 1. The molecular formula is C23H37NO4. The molecule has 2 amide bonds. The molecule has 3 rings (SSSR count). The average molecular weight is 392 g/mol. The molecule has 5 heteroatoms. The summed E-state index contributed by atoms with van der Waals surface area (Å²) in [5.74, 6) is 1.04. The van der Waals surface area contributed by atoms with E-state index in [9.17, 15) is 9.59 Å². The molecule has 1 fully saturated rings. The molecule has 1 heterocycles. The highest BCUT2D eigenvalue weighted by Crippen LogP contribution is 2.36. The fourth-order valence-electron chi connectivity index (χ4n) is 3.17. The van der Waals surface area contributed by atoms with E-state index in [0.717, 1.165) is 18.3 Å². The van der Waals surface area contributed by atoms with Gasteiger partial charge >= 0.3 is 0 Å². The highest BCUT2D eigenvalue weighted by Gasteiger charge is 2.34. The molecule has 158 valence electrons. The molecule has 2 aliphatic rings. The predicted molar refractivity (Wildman–Crippen MR) is 112 cm³/mol. The number of imide groups is 1. The Hall–Kier alpha value is -1.72. The molecule has 0 spiro atoms. The van der Waals surface area contributed by atoms with Gasteiger partial charge in [0.2, 0.25) is 11.8 Å². The van der Waals surface area contributed by atoms with E-state index in [2.05, 4.69) is 50.4 Å². The monoisotopic (exact) mass is 391 g/mol. The average Bonchev–Trinajstić information content (AvgIpc) is 3.10. The van der Waals surface area contributed by atoms with Gasteiger partial charge in [-0.1, -0.05) is 58.9 Å². The van der Waals surface area contributed by atoms with Gasteiger partial charge in [0, 0.05) is 11.8 Å². The number of carbonyl (C=O) groups excluding carboxylic acids is 2. The number of amides is 2.